The maximum atomic E-state index is 13.4. The lowest BCUT2D eigenvalue weighted by atomic mass is 9.77. The van der Waals surface area contributed by atoms with E-state index in [9.17, 15) is 8.42 Å². The third kappa shape index (κ3) is 2.87. The van der Waals surface area contributed by atoms with Crippen molar-refractivity contribution in [2.45, 2.75) is 55.6 Å². The van der Waals surface area contributed by atoms with Crippen LogP contribution in [0.3, 0.4) is 0 Å². The largest absolute Gasteiger partial charge is 0.497 e. The van der Waals surface area contributed by atoms with E-state index in [0.29, 0.717) is 16.5 Å². The van der Waals surface area contributed by atoms with Gasteiger partial charge < -0.3 is 14.3 Å². The third-order valence-electron chi connectivity index (χ3n) is 5.63. The molecule has 3 aromatic rings. The maximum absolute atomic E-state index is 13.4. The number of H-pyrrole nitrogens is 1. The SMILES string of the molecule is Cc1cc2c(B3OC(C)(C)C(C)(C)O3)c(S(=O)(=O)c3ccccc3)cnc2[nH]1. The highest BCUT2D eigenvalue weighted by molar-refractivity contribution is 7.91. The van der Waals surface area contributed by atoms with Crippen LogP contribution in [0.15, 0.2) is 52.4 Å². The Bertz CT molecular complexity index is 1140. The van der Waals surface area contributed by atoms with Crippen molar-refractivity contribution >= 4 is 33.5 Å². The van der Waals surface area contributed by atoms with Crippen LogP contribution in [0.4, 0.5) is 0 Å². The third-order valence-corrected chi connectivity index (χ3v) is 7.43. The van der Waals surface area contributed by atoms with Crippen molar-refractivity contribution in [2.24, 2.45) is 0 Å². The number of aromatic amines is 1. The predicted molar refractivity (Wildman–Crippen MR) is 108 cm³/mol. The molecule has 0 bridgehead atoms. The van der Waals surface area contributed by atoms with Gasteiger partial charge in [0.15, 0.2) is 0 Å². The Hall–Kier alpha value is -2.16. The molecule has 0 radical (unpaired) electrons. The molecule has 28 heavy (non-hydrogen) atoms. The summed E-state index contributed by atoms with van der Waals surface area (Å²) in [6, 6.07) is 10.2. The van der Waals surface area contributed by atoms with Gasteiger partial charge in [-0.05, 0) is 52.8 Å². The fourth-order valence-corrected chi connectivity index (χ4v) is 4.81. The van der Waals surface area contributed by atoms with Gasteiger partial charge in [0.25, 0.3) is 0 Å². The molecule has 1 aliphatic rings. The Kier molecular flexibility index (Phi) is 4.23. The molecular formula is C20H23BN2O4S. The predicted octanol–water partition coefficient (Wildman–Crippen LogP) is 3.00. The van der Waals surface area contributed by atoms with E-state index >= 15 is 0 Å². The molecular weight excluding hydrogens is 375 g/mol. The van der Waals surface area contributed by atoms with E-state index in [4.69, 9.17) is 9.31 Å². The molecule has 0 saturated carbocycles. The first-order valence-electron chi connectivity index (χ1n) is 9.17. The number of nitrogens with zero attached hydrogens (tertiary/aromatic N) is 1. The van der Waals surface area contributed by atoms with E-state index in [0.717, 1.165) is 5.69 Å². The molecule has 4 rings (SSSR count). The molecule has 1 aromatic carbocycles. The van der Waals surface area contributed by atoms with Crippen LogP contribution < -0.4 is 5.46 Å². The standard InChI is InChI=1S/C20H23BN2O4S/c1-13-11-15-17(21-26-19(2,3)20(4,5)27-21)16(12-22-18(15)23-13)28(24,25)14-9-7-6-8-10-14/h6-12H,1-5H3,(H,22,23). The molecule has 0 aliphatic carbocycles. The average Bonchev–Trinajstić information content (AvgIpc) is 3.09. The van der Waals surface area contributed by atoms with Gasteiger partial charge in [0.2, 0.25) is 9.84 Å². The Morgan fingerprint density at radius 1 is 1.04 bits per heavy atom. The minimum atomic E-state index is -3.80. The molecule has 1 saturated heterocycles. The summed E-state index contributed by atoms with van der Waals surface area (Å²) in [5.74, 6) is 0. The van der Waals surface area contributed by atoms with Gasteiger partial charge in [-0.3, -0.25) is 0 Å². The summed E-state index contributed by atoms with van der Waals surface area (Å²) in [4.78, 5) is 7.83. The first-order valence-corrected chi connectivity index (χ1v) is 10.7. The first-order chi connectivity index (χ1) is 13.0. The summed E-state index contributed by atoms with van der Waals surface area (Å²) in [6.07, 6.45) is 1.39. The van der Waals surface area contributed by atoms with Crippen LogP contribution in [0.25, 0.3) is 11.0 Å². The fourth-order valence-electron chi connectivity index (χ4n) is 3.35. The Labute approximate surface area is 165 Å². The quantitative estimate of drug-likeness (QED) is 0.686. The average molecular weight is 398 g/mol. The van der Waals surface area contributed by atoms with Gasteiger partial charge in [-0.25, -0.2) is 13.4 Å². The second kappa shape index (κ2) is 6.17. The second-order valence-electron chi connectivity index (χ2n) is 8.16. The van der Waals surface area contributed by atoms with E-state index in [1.807, 2.05) is 40.7 Å². The number of hydrogen-bond acceptors (Lipinski definition) is 5. The molecule has 0 atom stereocenters. The molecule has 2 aromatic heterocycles. The van der Waals surface area contributed by atoms with Gasteiger partial charge in [0.1, 0.15) is 5.65 Å². The molecule has 3 heterocycles. The lowest BCUT2D eigenvalue weighted by Crippen LogP contribution is -2.41. The van der Waals surface area contributed by atoms with Crippen molar-refractivity contribution < 1.29 is 17.7 Å². The molecule has 0 unspecified atom stereocenters. The Balaban J connectivity index is 1.98. The van der Waals surface area contributed by atoms with Crippen molar-refractivity contribution in [2.75, 3.05) is 0 Å². The highest BCUT2D eigenvalue weighted by Crippen LogP contribution is 2.38. The second-order valence-corrected chi connectivity index (χ2v) is 10.1. The van der Waals surface area contributed by atoms with E-state index in [2.05, 4.69) is 9.97 Å². The Morgan fingerprint density at radius 2 is 1.64 bits per heavy atom. The van der Waals surface area contributed by atoms with Gasteiger partial charge >= 0.3 is 7.12 Å². The molecule has 146 valence electrons. The number of aromatic nitrogens is 2. The van der Waals surface area contributed by atoms with Crippen LogP contribution in [0.2, 0.25) is 0 Å². The molecule has 8 heteroatoms. The summed E-state index contributed by atoms with van der Waals surface area (Å²) in [5, 5.41) is 0.688. The zero-order valence-electron chi connectivity index (χ0n) is 16.6. The maximum Gasteiger partial charge on any atom is 0.497 e. The monoisotopic (exact) mass is 398 g/mol. The van der Waals surface area contributed by atoms with Gasteiger partial charge in [-0.2, -0.15) is 0 Å². The van der Waals surface area contributed by atoms with Crippen molar-refractivity contribution in [1.82, 2.24) is 9.97 Å². The van der Waals surface area contributed by atoms with Crippen LogP contribution in [0.1, 0.15) is 33.4 Å². The Morgan fingerprint density at radius 3 is 2.25 bits per heavy atom. The van der Waals surface area contributed by atoms with E-state index < -0.39 is 28.2 Å². The molecule has 1 N–H and O–H groups in total. The summed E-state index contributed by atoms with van der Waals surface area (Å²) >= 11 is 0. The van der Waals surface area contributed by atoms with E-state index in [1.165, 1.54) is 6.20 Å². The lowest BCUT2D eigenvalue weighted by Gasteiger charge is -2.32. The number of aryl methyl sites for hydroxylation is 1. The van der Waals surface area contributed by atoms with Crippen molar-refractivity contribution in [3.63, 3.8) is 0 Å². The number of hydrogen-bond donors (Lipinski definition) is 1. The molecule has 0 spiro atoms. The van der Waals surface area contributed by atoms with Crippen LogP contribution in [0.5, 0.6) is 0 Å². The smallest absolute Gasteiger partial charge is 0.399 e. The van der Waals surface area contributed by atoms with Gasteiger partial charge in [-0.1, -0.05) is 18.2 Å². The van der Waals surface area contributed by atoms with E-state index in [-0.39, 0.29) is 9.79 Å². The molecule has 6 nitrogen and oxygen atoms in total. The summed E-state index contributed by atoms with van der Waals surface area (Å²) in [6.45, 7) is 9.68. The minimum Gasteiger partial charge on any atom is -0.399 e. The van der Waals surface area contributed by atoms with Crippen LogP contribution in [0, 0.1) is 6.92 Å². The zero-order chi connectivity index (χ0) is 20.3. The highest BCUT2D eigenvalue weighted by atomic mass is 32.2. The summed E-state index contributed by atoms with van der Waals surface area (Å²) in [7, 11) is -4.62. The lowest BCUT2D eigenvalue weighted by molar-refractivity contribution is 0.00578. The van der Waals surface area contributed by atoms with Crippen LogP contribution >= 0.6 is 0 Å². The first kappa shape index (κ1) is 19.2. The van der Waals surface area contributed by atoms with Gasteiger partial charge in [0.05, 0.1) is 21.0 Å². The topological polar surface area (TPSA) is 81.3 Å². The molecule has 1 fully saturated rings. The normalized spacial score (nSPS) is 18.7. The van der Waals surface area contributed by atoms with Gasteiger partial charge in [0, 0.05) is 22.7 Å². The number of sulfone groups is 1. The molecule has 0 amide bonds. The van der Waals surface area contributed by atoms with Crippen molar-refractivity contribution in [1.29, 1.82) is 0 Å². The summed E-state index contributed by atoms with van der Waals surface area (Å²) in [5.41, 5.74) is 0.791. The van der Waals surface area contributed by atoms with Crippen molar-refractivity contribution in [3.05, 3.63) is 48.3 Å². The number of fused-ring (bicyclic) bond motifs is 1. The van der Waals surface area contributed by atoms with E-state index in [1.54, 1.807) is 30.3 Å². The highest BCUT2D eigenvalue weighted by Gasteiger charge is 2.53. The number of benzene rings is 1. The van der Waals surface area contributed by atoms with Crippen LogP contribution in [-0.2, 0) is 19.1 Å². The molecule has 1 aliphatic heterocycles. The summed E-state index contributed by atoms with van der Waals surface area (Å²) < 4.78 is 39.3. The zero-order valence-corrected chi connectivity index (χ0v) is 17.4. The number of pyridine rings is 1. The van der Waals surface area contributed by atoms with Gasteiger partial charge in [-0.15, -0.1) is 0 Å². The van der Waals surface area contributed by atoms with Crippen molar-refractivity contribution in [3.8, 4) is 0 Å². The number of nitrogens with one attached hydrogen (secondary N) is 1. The number of rotatable bonds is 3. The van der Waals surface area contributed by atoms with Crippen LogP contribution in [-0.4, -0.2) is 36.7 Å². The minimum absolute atomic E-state index is 0.101. The fraction of sp³-hybridized carbons (Fsp3) is 0.350.